The molecule has 20 heavy (non-hydrogen) atoms. The van der Waals surface area contributed by atoms with E-state index < -0.39 is 0 Å². The van der Waals surface area contributed by atoms with Crippen molar-refractivity contribution in [1.29, 1.82) is 0 Å². The minimum Gasteiger partial charge on any atom is -0.292 e. The third-order valence-electron chi connectivity index (χ3n) is 3.29. The monoisotopic (exact) mass is 262 g/mol. The largest absolute Gasteiger partial charge is 0.292 e. The number of para-hydroxylation sites is 1. The number of benzene rings is 2. The maximum absolute atomic E-state index is 12.3. The highest BCUT2D eigenvalue weighted by Gasteiger charge is 2.11. The Morgan fingerprint density at radius 1 is 0.900 bits per heavy atom. The van der Waals surface area contributed by atoms with Crippen LogP contribution >= 0.6 is 0 Å². The van der Waals surface area contributed by atoms with Crippen molar-refractivity contribution in [2.24, 2.45) is 0 Å². The molecule has 2 aromatic carbocycles. The van der Waals surface area contributed by atoms with E-state index in [4.69, 9.17) is 0 Å². The zero-order valence-electron chi connectivity index (χ0n) is 11.0. The predicted molar refractivity (Wildman–Crippen MR) is 78.6 cm³/mol. The second-order valence-electron chi connectivity index (χ2n) is 4.65. The number of carbonyl (C=O) groups is 1. The molecular weight excluding hydrogens is 248 g/mol. The van der Waals surface area contributed by atoms with Crippen LogP contribution in [0.1, 0.15) is 22.5 Å². The molecule has 0 atom stereocenters. The fourth-order valence-corrected chi connectivity index (χ4v) is 2.25. The second kappa shape index (κ2) is 5.61. The van der Waals surface area contributed by atoms with Crippen molar-refractivity contribution in [2.75, 3.05) is 0 Å². The quantitative estimate of drug-likeness (QED) is 0.676. The Kier molecular flexibility index (Phi) is 3.50. The van der Waals surface area contributed by atoms with Crippen LogP contribution < -0.4 is 0 Å². The summed E-state index contributed by atoms with van der Waals surface area (Å²) in [5.41, 5.74) is 2.50. The van der Waals surface area contributed by atoms with E-state index in [1.165, 1.54) is 11.9 Å². The summed E-state index contributed by atoms with van der Waals surface area (Å²) in [5, 5.41) is 0.827. The molecule has 0 amide bonds. The van der Waals surface area contributed by atoms with Gasteiger partial charge in [-0.3, -0.25) is 4.79 Å². The average Bonchev–Trinajstić information content (AvgIpc) is 2.53. The molecule has 0 fully saturated rings. The summed E-state index contributed by atoms with van der Waals surface area (Å²) in [6.07, 6.45) is 2.65. The lowest BCUT2D eigenvalue weighted by atomic mass is 10.0. The van der Waals surface area contributed by atoms with Gasteiger partial charge in [-0.15, -0.1) is 0 Å². The average molecular weight is 262 g/mol. The molecule has 0 N–H and O–H groups in total. The van der Waals surface area contributed by atoms with E-state index in [-0.39, 0.29) is 5.78 Å². The first kappa shape index (κ1) is 12.5. The van der Waals surface area contributed by atoms with Gasteiger partial charge in [0.05, 0.1) is 5.52 Å². The molecule has 0 aliphatic carbocycles. The van der Waals surface area contributed by atoms with Crippen molar-refractivity contribution in [2.45, 2.75) is 12.8 Å². The molecule has 0 bridgehead atoms. The van der Waals surface area contributed by atoms with Gasteiger partial charge in [0, 0.05) is 11.8 Å². The summed E-state index contributed by atoms with van der Waals surface area (Å²) < 4.78 is 0. The molecule has 3 rings (SSSR count). The van der Waals surface area contributed by atoms with Gasteiger partial charge < -0.3 is 0 Å². The van der Waals surface area contributed by atoms with Gasteiger partial charge in [0.15, 0.2) is 5.78 Å². The molecule has 3 nitrogen and oxygen atoms in total. The lowest BCUT2D eigenvalue weighted by Gasteiger charge is -2.04. The number of aromatic nitrogens is 2. The van der Waals surface area contributed by atoms with Crippen molar-refractivity contribution >= 4 is 16.7 Å². The molecule has 1 heterocycles. The number of aryl methyl sites for hydroxylation is 1. The minimum absolute atomic E-state index is 0.0625. The zero-order valence-corrected chi connectivity index (χ0v) is 11.0. The third kappa shape index (κ3) is 2.57. The van der Waals surface area contributed by atoms with E-state index in [2.05, 4.69) is 9.97 Å². The Bertz CT molecular complexity index is 733. The van der Waals surface area contributed by atoms with Crippen LogP contribution in [0.2, 0.25) is 0 Å². The van der Waals surface area contributed by atoms with Crippen LogP contribution in [0.5, 0.6) is 0 Å². The highest BCUT2D eigenvalue weighted by atomic mass is 16.1. The molecule has 0 spiro atoms. The molecule has 0 unspecified atom stereocenters. The number of carbonyl (C=O) groups excluding carboxylic acids is 1. The van der Waals surface area contributed by atoms with Crippen molar-refractivity contribution in [3.05, 3.63) is 72.2 Å². The van der Waals surface area contributed by atoms with E-state index in [9.17, 15) is 4.79 Å². The highest BCUT2D eigenvalue weighted by Crippen LogP contribution is 2.16. The molecule has 0 aliphatic rings. The van der Waals surface area contributed by atoms with Crippen LogP contribution in [-0.2, 0) is 6.42 Å². The van der Waals surface area contributed by atoms with Gasteiger partial charge in [-0.2, -0.15) is 0 Å². The standard InChI is InChI=1S/C17H14N2O/c20-16(11-10-13-6-2-1-3-7-13)17-14-8-4-5-9-15(14)18-12-19-17/h1-9,12H,10-11H2. The van der Waals surface area contributed by atoms with E-state index in [1.54, 1.807) is 0 Å². The number of nitrogens with zero attached hydrogens (tertiary/aromatic N) is 2. The van der Waals surface area contributed by atoms with Gasteiger partial charge in [-0.25, -0.2) is 9.97 Å². The Labute approximate surface area is 117 Å². The fourth-order valence-electron chi connectivity index (χ4n) is 2.25. The van der Waals surface area contributed by atoms with E-state index in [1.807, 2.05) is 54.6 Å². The summed E-state index contributed by atoms with van der Waals surface area (Å²) in [6.45, 7) is 0. The SMILES string of the molecule is O=C(CCc1ccccc1)c1ncnc2ccccc12. The predicted octanol–water partition coefficient (Wildman–Crippen LogP) is 3.45. The van der Waals surface area contributed by atoms with Gasteiger partial charge in [0.1, 0.15) is 12.0 Å². The number of hydrogen-bond acceptors (Lipinski definition) is 3. The van der Waals surface area contributed by atoms with Gasteiger partial charge in [0.25, 0.3) is 0 Å². The summed E-state index contributed by atoms with van der Waals surface area (Å²) in [6, 6.07) is 17.6. The molecule has 0 aliphatic heterocycles. The Hall–Kier alpha value is -2.55. The molecule has 0 saturated heterocycles. The normalized spacial score (nSPS) is 10.6. The van der Waals surface area contributed by atoms with Crippen LogP contribution in [-0.4, -0.2) is 15.8 Å². The van der Waals surface area contributed by atoms with Crippen LogP contribution in [0.3, 0.4) is 0 Å². The molecule has 3 heteroatoms. The Morgan fingerprint density at radius 2 is 1.65 bits per heavy atom. The van der Waals surface area contributed by atoms with Crippen LogP contribution in [0, 0.1) is 0 Å². The highest BCUT2D eigenvalue weighted by molar-refractivity contribution is 6.05. The number of ketones is 1. The van der Waals surface area contributed by atoms with Gasteiger partial charge in [0.2, 0.25) is 0 Å². The first-order valence-corrected chi connectivity index (χ1v) is 6.61. The van der Waals surface area contributed by atoms with Crippen LogP contribution in [0.15, 0.2) is 60.9 Å². The summed E-state index contributed by atoms with van der Waals surface area (Å²) in [4.78, 5) is 20.7. The van der Waals surface area contributed by atoms with Crippen molar-refractivity contribution < 1.29 is 4.79 Å². The lowest BCUT2D eigenvalue weighted by molar-refractivity contribution is 0.0979. The van der Waals surface area contributed by atoms with E-state index in [0.717, 1.165) is 17.3 Å². The van der Waals surface area contributed by atoms with Crippen molar-refractivity contribution in [1.82, 2.24) is 9.97 Å². The Morgan fingerprint density at radius 3 is 2.50 bits per heavy atom. The zero-order chi connectivity index (χ0) is 13.8. The Balaban J connectivity index is 1.82. The van der Waals surface area contributed by atoms with Crippen molar-refractivity contribution in [3.8, 4) is 0 Å². The molecule has 1 aromatic heterocycles. The number of hydrogen-bond donors (Lipinski definition) is 0. The van der Waals surface area contributed by atoms with Gasteiger partial charge >= 0.3 is 0 Å². The second-order valence-corrected chi connectivity index (χ2v) is 4.65. The smallest absolute Gasteiger partial charge is 0.182 e. The van der Waals surface area contributed by atoms with E-state index in [0.29, 0.717) is 12.1 Å². The maximum atomic E-state index is 12.3. The number of Topliss-reactive ketones (excluding diaryl/α,β-unsaturated/α-hetero) is 1. The van der Waals surface area contributed by atoms with Crippen LogP contribution in [0.25, 0.3) is 10.9 Å². The van der Waals surface area contributed by atoms with Gasteiger partial charge in [-0.1, -0.05) is 48.5 Å². The van der Waals surface area contributed by atoms with Crippen LogP contribution in [0.4, 0.5) is 0 Å². The van der Waals surface area contributed by atoms with Gasteiger partial charge in [-0.05, 0) is 18.1 Å². The molecule has 98 valence electrons. The number of rotatable bonds is 4. The molecular formula is C17H14N2O. The first-order chi connectivity index (χ1) is 9.84. The lowest BCUT2D eigenvalue weighted by Crippen LogP contribution is -2.05. The molecule has 0 saturated carbocycles. The van der Waals surface area contributed by atoms with Crippen molar-refractivity contribution in [3.63, 3.8) is 0 Å². The number of fused-ring (bicyclic) bond motifs is 1. The fraction of sp³-hybridized carbons (Fsp3) is 0.118. The minimum atomic E-state index is 0.0625. The first-order valence-electron chi connectivity index (χ1n) is 6.61. The molecule has 3 aromatic rings. The summed E-state index contributed by atoms with van der Waals surface area (Å²) >= 11 is 0. The topological polar surface area (TPSA) is 42.9 Å². The van der Waals surface area contributed by atoms with E-state index >= 15 is 0 Å². The summed E-state index contributed by atoms with van der Waals surface area (Å²) in [7, 11) is 0. The maximum Gasteiger partial charge on any atom is 0.182 e. The third-order valence-corrected chi connectivity index (χ3v) is 3.29. The summed E-state index contributed by atoms with van der Waals surface area (Å²) in [5.74, 6) is 0.0625. The molecule has 0 radical (unpaired) electrons.